The van der Waals surface area contributed by atoms with Crippen molar-refractivity contribution in [1.29, 1.82) is 0 Å². The zero-order chi connectivity index (χ0) is 21.7. The van der Waals surface area contributed by atoms with Crippen LogP contribution in [0.4, 0.5) is 0 Å². The minimum atomic E-state index is -0.332. The highest BCUT2D eigenvalue weighted by molar-refractivity contribution is 5.89. The van der Waals surface area contributed by atoms with Gasteiger partial charge in [-0.25, -0.2) is 0 Å². The quantitative estimate of drug-likeness (QED) is 0.662. The molecular weight excluding hydrogens is 400 g/mol. The molecule has 0 aromatic heterocycles. The molecule has 0 radical (unpaired) electrons. The first-order valence-corrected chi connectivity index (χ1v) is 11.3. The van der Waals surface area contributed by atoms with Crippen molar-refractivity contribution < 1.29 is 14.3 Å². The van der Waals surface area contributed by atoms with Crippen LogP contribution in [-0.4, -0.2) is 30.5 Å². The number of likely N-dealkylation sites (tertiary alicyclic amines) is 1. The summed E-state index contributed by atoms with van der Waals surface area (Å²) in [5, 5.41) is 0. The van der Waals surface area contributed by atoms with Gasteiger partial charge >= 0.3 is 0 Å². The van der Waals surface area contributed by atoms with Crippen molar-refractivity contribution in [1.82, 2.24) is 4.90 Å². The molecule has 1 fully saturated rings. The number of rotatable bonds is 2. The molecule has 0 saturated carbocycles. The number of nitrogens with two attached hydrogens (primary N) is 1. The van der Waals surface area contributed by atoms with E-state index < -0.39 is 0 Å². The minimum absolute atomic E-state index is 0.0250. The molecule has 1 saturated heterocycles. The lowest BCUT2D eigenvalue weighted by atomic mass is 9.73. The highest BCUT2D eigenvalue weighted by Gasteiger charge is 2.45. The Labute approximate surface area is 187 Å². The van der Waals surface area contributed by atoms with E-state index in [0.29, 0.717) is 13.2 Å². The lowest BCUT2D eigenvalue weighted by molar-refractivity contribution is -0.133. The van der Waals surface area contributed by atoms with Crippen molar-refractivity contribution in [3.05, 3.63) is 89.0 Å². The molecule has 3 aliphatic rings. The van der Waals surface area contributed by atoms with Gasteiger partial charge in [-0.3, -0.25) is 4.79 Å². The van der Waals surface area contributed by atoms with Crippen LogP contribution < -0.4 is 15.2 Å². The Kier molecular flexibility index (Phi) is 4.47. The van der Waals surface area contributed by atoms with Gasteiger partial charge in [-0.15, -0.1) is 0 Å². The van der Waals surface area contributed by atoms with Crippen LogP contribution in [0, 0.1) is 0 Å². The van der Waals surface area contributed by atoms with Gasteiger partial charge in [-0.2, -0.15) is 0 Å². The Bertz CT molecular complexity index is 1150. The molecule has 0 aliphatic carbocycles. The highest BCUT2D eigenvalue weighted by Crippen LogP contribution is 2.48. The molecule has 3 aromatic carbocycles. The van der Waals surface area contributed by atoms with E-state index in [-0.39, 0.29) is 17.2 Å². The fraction of sp³-hybridized carbons (Fsp3) is 0.296. The van der Waals surface area contributed by atoms with E-state index in [9.17, 15) is 4.79 Å². The Morgan fingerprint density at radius 1 is 0.938 bits per heavy atom. The second kappa shape index (κ2) is 7.38. The number of para-hydroxylation sites is 2. The zero-order valence-electron chi connectivity index (χ0n) is 17.9. The van der Waals surface area contributed by atoms with Crippen LogP contribution in [0.25, 0.3) is 0 Å². The molecule has 0 bridgehead atoms. The Balaban J connectivity index is 1.28. The maximum Gasteiger partial charge on any atom is 0.234 e. The van der Waals surface area contributed by atoms with Crippen molar-refractivity contribution in [3.8, 4) is 17.2 Å². The Morgan fingerprint density at radius 2 is 1.59 bits per heavy atom. The largest absolute Gasteiger partial charge is 0.492 e. The van der Waals surface area contributed by atoms with Gasteiger partial charge in [0.2, 0.25) is 5.91 Å². The standard InChI is InChI=1S/C27H26N2O3/c28-16-18-9-10-24-21(15-18)27(17-31-24)11-13-29(14-12-27)26(30)25-19-5-1-3-7-22(19)32-23-8-4-2-6-20(23)25/h1-10,15,25H,11-14,16-17,28H2. The zero-order valence-corrected chi connectivity index (χ0v) is 17.9. The SMILES string of the molecule is NCc1ccc2c(c1)C1(CCN(C(=O)C3c4ccccc4Oc4ccccc43)CC1)CO2. The van der Waals surface area contributed by atoms with Crippen LogP contribution in [0.2, 0.25) is 0 Å². The molecule has 3 aliphatic heterocycles. The van der Waals surface area contributed by atoms with Gasteiger partial charge in [0.1, 0.15) is 17.2 Å². The second-order valence-corrected chi connectivity index (χ2v) is 9.04. The summed E-state index contributed by atoms with van der Waals surface area (Å²) in [5.74, 6) is 2.32. The first kappa shape index (κ1) is 19.4. The van der Waals surface area contributed by atoms with Gasteiger partial charge in [-0.05, 0) is 36.6 Å². The summed E-state index contributed by atoms with van der Waals surface area (Å²) >= 11 is 0. The molecule has 6 rings (SSSR count). The lowest BCUT2D eigenvalue weighted by Crippen LogP contribution is -2.47. The summed E-state index contributed by atoms with van der Waals surface area (Å²) in [4.78, 5) is 15.9. The van der Waals surface area contributed by atoms with Gasteiger partial charge in [0.25, 0.3) is 0 Å². The summed E-state index contributed by atoms with van der Waals surface area (Å²) in [6.45, 7) is 2.64. The summed E-state index contributed by atoms with van der Waals surface area (Å²) < 4.78 is 12.1. The van der Waals surface area contributed by atoms with Gasteiger partial charge in [-0.1, -0.05) is 48.5 Å². The third kappa shape index (κ3) is 2.92. The number of ether oxygens (including phenoxy) is 2. The Hall–Kier alpha value is -3.31. The average Bonchev–Trinajstić information content (AvgIpc) is 3.19. The molecule has 162 valence electrons. The number of fused-ring (bicyclic) bond motifs is 4. The van der Waals surface area contributed by atoms with E-state index >= 15 is 0 Å². The maximum absolute atomic E-state index is 13.9. The van der Waals surface area contributed by atoms with Gasteiger partial charge < -0.3 is 20.1 Å². The smallest absolute Gasteiger partial charge is 0.234 e. The van der Waals surface area contributed by atoms with Crippen LogP contribution in [0.15, 0.2) is 66.7 Å². The first-order valence-electron chi connectivity index (χ1n) is 11.3. The average molecular weight is 427 g/mol. The molecule has 5 nitrogen and oxygen atoms in total. The number of benzene rings is 3. The highest BCUT2D eigenvalue weighted by atomic mass is 16.5. The molecule has 1 spiro atoms. The van der Waals surface area contributed by atoms with E-state index in [1.165, 1.54) is 5.56 Å². The van der Waals surface area contributed by atoms with Crippen LogP contribution in [0.1, 0.15) is 41.0 Å². The minimum Gasteiger partial charge on any atom is -0.492 e. The molecule has 0 unspecified atom stereocenters. The predicted molar refractivity (Wildman–Crippen MR) is 122 cm³/mol. The topological polar surface area (TPSA) is 64.8 Å². The van der Waals surface area contributed by atoms with E-state index in [1.54, 1.807) is 0 Å². The Morgan fingerprint density at radius 3 is 2.25 bits per heavy atom. The maximum atomic E-state index is 13.9. The molecule has 5 heteroatoms. The third-order valence-electron chi connectivity index (χ3n) is 7.31. The monoisotopic (exact) mass is 426 g/mol. The fourth-order valence-corrected chi connectivity index (χ4v) is 5.47. The van der Waals surface area contributed by atoms with Crippen molar-refractivity contribution in [2.24, 2.45) is 5.73 Å². The molecule has 2 N–H and O–H groups in total. The van der Waals surface area contributed by atoms with Crippen molar-refractivity contribution in [2.75, 3.05) is 19.7 Å². The molecular formula is C27H26N2O3. The van der Waals surface area contributed by atoms with Crippen molar-refractivity contribution in [2.45, 2.75) is 30.7 Å². The summed E-state index contributed by atoms with van der Waals surface area (Å²) in [7, 11) is 0. The summed E-state index contributed by atoms with van der Waals surface area (Å²) in [6, 6.07) is 22.0. The number of hydrogen-bond donors (Lipinski definition) is 1. The van der Waals surface area contributed by atoms with Crippen molar-refractivity contribution >= 4 is 5.91 Å². The van der Waals surface area contributed by atoms with Crippen LogP contribution >= 0.6 is 0 Å². The predicted octanol–water partition coefficient (Wildman–Crippen LogP) is 4.34. The number of piperidine rings is 1. The summed E-state index contributed by atoms with van der Waals surface area (Å²) in [6.07, 6.45) is 1.79. The molecule has 1 amide bonds. The van der Waals surface area contributed by atoms with Gasteiger partial charge in [0.15, 0.2) is 0 Å². The molecule has 0 atom stereocenters. The first-order chi connectivity index (χ1) is 15.7. The third-order valence-corrected chi connectivity index (χ3v) is 7.31. The van der Waals surface area contributed by atoms with E-state index in [0.717, 1.165) is 59.9 Å². The van der Waals surface area contributed by atoms with Crippen molar-refractivity contribution in [3.63, 3.8) is 0 Å². The number of carbonyl (C=O) groups is 1. The lowest BCUT2D eigenvalue weighted by Gasteiger charge is -2.40. The van der Waals surface area contributed by atoms with E-state index in [4.69, 9.17) is 15.2 Å². The van der Waals surface area contributed by atoms with Crippen LogP contribution in [0.5, 0.6) is 17.2 Å². The summed E-state index contributed by atoms with van der Waals surface area (Å²) in [5.41, 5.74) is 10.1. The molecule has 3 heterocycles. The van der Waals surface area contributed by atoms with Crippen LogP contribution in [0.3, 0.4) is 0 Å². The van der Waals surface area contributed by atoms with Crippen LogP contribution in [-0.2, 0) is 16.8 Å². The van der Waals surface area contributed by atoms with Gasteiger partial charge in [0.05, 0.1) is 12.5 Å². The molecule has 3 aromatic rings. The fourth-order valence-electron chi connectivity index (χ4n) is 5.47. The number of carbonyl (C=O) groups excluding carboxylic acids is 1. The normalized spacial score (nSPS) is 18.3. The molecule has 32 heavy (non-hydrogen) atoms. The van der Waals surface area contributed by atoms with Gasteiger partial charge in [0, 0.05) is 41.7 Å². The number of hydrogen-bond acceptors (Lipinski definition) is 4. The number of nitrogens with zero attached hydrogens (tertiary/aromatic N) is 1. The van der Waals surface area contributed by atoms with E-state index in [2.05, 4.69) is 6.07 Å². The second-order valence-electron chi connectivity index (χ2n) is 9.04. The number of amides is 1. The van der Waals surface area contributed by atoms with E-state index in [1.807, 2.05) is 65.6 Å².